The number of nitrogens with zero attached hydrogens (tertiary/aromatic N) is 1. The van der Waals surface area contributed by atoms with E-state index in [-0.39, 0.29) is 12.2 Å². The van der Waals surface area contributed by atoms with Crippen molar-refractivity contribution in [3.05, 3.63) is 59.7 Å². The van der Waals surface area contributed by atoms with Crippen molar-refractivity contribution in [3.63, 3.8) is 0 Å². The summed E-state index contributed by atoms with van der Waals surface area (Å²) in [6.07, 6.45) is -0.0209. The van der Waals surface area contributed by atoms with Gasteiger partial charge in [0.15, 0.2) is 0 Å². The maximum Gasteiger partial charge on any atom is 0.387 e. The van der Waals surface area contributed by atoms with Gasteiger partial charge < -0.3 is 9.64 Å². The molecule has 2 amide bonds. The molecule has 0 saturated heterocycles. The molecule has 138 valence electrons. The molecule has 0 aromatic heterocycles. The third-order valence-corrected chi connectivity index (χ3v) is 3.45. The van der Waals surface area contributed by atoms with Crippen molar-refractivity contribution >= 4 is 17.5 Å². The van der Waals surface area contributed by atoms with Crippen molar-refractivity contribution in [1.82, 2.24) is 10.9 Å². The number of halogens is 2. The average molecular weight is 363 g/mol. The first-order chi connectivity index (χ1) is 12.3. The Bertz CT molecular complexity index is 765. The van der Waals surface area contributed by atoms with Crippen molar-refractivity contribution in [1.29, 1.82) is 0 Å². The summed E-state index contributed by atoms with van der Waals surface area (Å²) in [6, 6.07) is 12.6. The fourth-order valence-corrected chi connectivity index (χ4v) is 2.14. The Morgan fingerprint density at radius 3 is 2.38 bits per heavy atom. The van der Waals surface area contributed by atoms with Gasteiger partial charge in [0, 0.05) is 25.3 Å². The van der Waals surface area contributed by atoms with Gasteiger partial charge in [0.25, 0.3) is 5.91 Å². The smallest absolute Gasteiger partial charge is 0.387 e. The first-order valence-corrected chi connectivity index (χ1v) is 7.75. The second kappa shape index (κ2) is 8.80. The van der Waals surface area contributed by atoms with Gasteiger partial charge in [-0.3, -0.25) is 20.4 Å². The fraction of sp³-hybridized carbons (Fsp3) is 0.222. The fourth-order valence-electron chi connectivity index (χ4n) is 2.14. The van der Waals surface area contributed by atoms with E-state index in [4.69, 9.17) is 0 Å². The number of benzene rings is 2. The highest BCUT2D eigenvalue weighted by Crippen LogP contribution is 2.15. The van der Waals surface area contributed by atoms with E-state index >= 15 is 0 Å². The summed E-state index contributed by atoms with van der Waals surface area (Å²) in [7, 11) is 3.72. The number of hydrazine groups is 1. The normalized spacial score (nSPS) is 10.3. The van der Waals surface area contributed by atoms with Crippen LogP contribution in [0, 0.1) is 0 Å². The number of carbonyl (C=O) groups is 2. The van der Waals surface area contributed by atoms with E-state index in [1.807, 2.05) is 25.1 Å². The molecule has 6 nitrogen and oxygen atoms in total. The van der Waals surface area contributed by atoms with Crippen LogP contribution < -0.4 is 20.5 Å². The second-order valence-electron chi connectivity index (χ2n) is 5.65. The molecule has 0 aliphatic heterocycles. The molecule has 0 heterocycles. The lowest BCUT2D eigenvalue weighted by atomic mass is 10.1. The number of alkyl halides is 2. The van der Waals surface area contributed by atoms with Crippen LogP contribution in [-0.2, 0) is 11.2 Å². The zero-order chi connectivity index (χ0) is 19.1. The quantitative estimate of drug-likeness (QED) is 0.773. The maximum atomic E-state index is 12.1. The zero-order valence-corrected chi connectivity index (χ0v) is 14.3. The molecular weight excluding hydrogens is 344 g/mol. The predicted molar refractivity (Wildman–Crippen MR) is 93.2 cm³/mol. The first-order valence-electron chi connectivity index (χ1n) is 7.75. The van der Waals surface area contributed by atoms with Gasteiger partial charge in [-0.05, 0) is 35.9 Å². The predicted octanol–water partition coefficient (Wildman–Crippen LogP) is 2.36. The van der Waals surface area contributed by atoms with Gasteiger partial charge in [0.1, 0.15) is 5.75 Å². The van der Waals surface area contributed by atoms with Crippen molar-refractivity contribution in [2.45, 2.75) is 13.0 Å². The Morgan fingerprint density at radius 2 is 1.77 bits per heavy atom. The van der Waals surface area contributed by atoms with E-state index < -0.39 is 18.4 Å². The number of anilines is 1. The van der Waals surface area contributed by atoms with Gasteiger partial charge in [-0.1, -0.05) is 18.2 Å². The van der Waals surface area contributed by atoms with E-state index in [2.05, 4.69) is 15.6 Å². The SMILES string of the molecule is CN(C)c1cccc(C(=O)NNC(=O)Cc2ccc(OC(F)F)cc2)c1. The number of ether oxygens (including phenoxy) is 1. The van der Waals surface area contributed by atoms with Gasteiger partial charge in [-0.15, -0.1) is 0 Å². The summed E-state index contributed by atoms with van der Waals surface area (Å²) < 4.78 is 28.4. The minimum atomic E-state index is -2.90. The van der Waals surface area contributed by atoms with Gasteiger partial charge in [0.05, 0.1) is 6.42 Å². The van der Waals surface area contributed by atoms with Crippen LogP contribution >= 0.6 is 0 Å². The molecule has 2 aromatic carbocycles. The average Bonchev–Trinajstić information content (AvgIpc) is 2.61. The number of hydrogen-bond donors (Lipinski definition) is 2. The Labute approximate surface area is 149 Å². The Balaban J connectivity index is 1.86. The van der Waals surface area contributed by atoms with Gasteiger partial charge in [0.2, 0.25) is 5.91 Å². The third-order valence-electron chi connectivity index (χ3n) is 3.45. The van der Waals surface area contributed by atoms with E-state index in [9.17, 15) is 18.4 Å². The largest absolute Gasteiger partial charge is 0.435 e. The lowest BCUT2D eigenvalue weighted by Gasteiger charge is -2.13. The summed E-state index contributed by atoms with van der Waals surface area (Å²) >= 11 is 0. The molecule has 0 bridgehead atoms. The van der Waals surface area contributed by atoms with Gasteiger partial charge in [-0.2, -0.15) is 8.78 Å². The molecule has 0 unspecified atom stereocenters. The standard InChI is InChI=1S/C18H19F2N3O3/c1-23(2)14-5-3-4-13(11-14)17(25)22-21-16(24)10-12-6-8-15(9-7-12)26-18(19)20/h3-9,11,18H,10H2,1-2H3,(H,21,24)(H,22,25). The minimum Gasteiger partial charge on any atom is -0.435 e. The lowest BCUT2D eigenvalue weighted by molar-refractivity contribution is -0.121. The van der Waals surface area contributed by atoms with E-state index in [1.165, 1.54) is 24.3 Å². The van der Waals surface area contributed by atoms with Crippen LogP contribution in [-0.4, -0.2) is 32.5 Å². The summed E-state index contributed by atoms with van der Waals surface area (Å²) in [4.78, 5) is 25.9. The molecule has 0 aliphatic carbocycles. The Hall–Kier alpha value is -3.16. The molecule has 0 saturated carbocycles. The molecule has 0 aliphatic rings. The van der Waals surface area contributed by atoms with Crippen LogP contribution in [0.5, 0.6) is 5.75 Å². The van der Waals surface area contributed by atoms with E-state index in [0.717, 1.165) is 5.69 Å². The molecule has 8 heteroatoms. The van der Waals surface area contributed by atoms with Crippen LogP contribution in [0.2, 0.25) is 0 Å². The van der Waals surface area contributed by atoms with Crippen LogP contribution in [0.15, 0.2) is 48.5 Å². The lowest BCUT2D eigenvalue weighted by Crippen LogP contribution is -2.42. The van der Waals surface area contributed by atoms with Crippen LogP contribution in [0.3, 0.4) is 0 Å². The highest BCUT2D eigenvalue weighted by atomic mass is 19.3. The summed E-state index contributed by atoms with van der Waals surface area (Å²) in [5, 5.41) is 0. The highest BCUT2D eigenvalue weighted by molar-refractivity contribution is 5.96. The summed E-state index contributed by atoms with van der Waals surface area (Å²) in [5.41, 5.74) is 6.52. The van der Waals surface area contributed by atoms with E-state index in [0.29, 0.717) is 11.1 Å². The van der Waals surface area contributed by atoms with Gasteiger partial charge in [-0.25, -0.2) is 0 Å². The molecule has 2 aromatic rings. The number of nitrogens with one attached hydrogen (secondary N) is 2. The van der Waals surface area contributed by atoms with E-state index in [1.54, 1.807) is 18.2 Å². The maximum absolute atomic E-state index is 12.1. The molecule has 26 heavy (non-hydrogen) atoms. The number of carbonyl (C=O) groups excluding carboxylic acids is 2. The van der Waals surface area contributed by atoms with Crippen LogP contribution in [0.25, 0.3) is 0 Å². The van der Waals surface area contributed by atoms with Crippen LogP contribution in [0.4, 0.5) is 14.5 Å². The molecule has 2 rings (SSSR count). The van der Waals surface area contributed by atoms with Crippen molar-refractivity contribution < 1.29 is 23.1 Å². The number of rotatable bonds is 6. The minimum absolute atomic E-state index is 0.0123. The van der Waals surface area contributed by atoms with Crippen molar-refractivity contribution in [2.75, 3.05) is 19.0 Å². The first kappa shape index (κ1) is 19.2. The molecule has 0 atom stereocenters. The second-order valence-corrected chi connectivity index (χ2v) is 5.65. The number of hydrogen-bond acceptors (Lipinski definition) is 4. The summed E-state index contributed by atoms with van der Waals surface area (Å²) in [5.74, 6) is -0.870. The van der Waals surface area contributed by atoms with Crippen LogP contribution in [0.1, 0.15) is 15.9 Å². The Kier molecular flexibility index (Phi) is 6.48. The Morgan fingerprint density at radius 1 is 1.08 bits per heavy atom. The third kappa shape index (κ3) is 5.73. The molecule has 0 fully saturated rings. The summed E-state index contributed by atoms with van der Waals surface area (Å²) in [6.45, 7) is -2.90. The van der Waals surface area contributed by atoms with Crippen molar-refractivity contribution in [2.24, 2.45) is 0 Å². The molecular formula is C18H19F2N3O3. The zero-order valence-electron chi connectivity index (χ0n) is 14.3. The number of amides is 2. The highest BCUT2D eigenvalue weighted by Gasteiger charge is 2.10. The van der Waals surface area contributed by atoms with Crippen molar-refractivity contribution in [3.8, 4) is 5.75 Å². The topological polar surface area (TPSA) is 70.7 Å². The monoisotopic (exact) mass is 363 g/mol. The molecule has 2 N–H and O–H groups in total. The molecule has 0 spiro atoms. The molecule has 0 radical (unpaired) electrons. The van der Waals surface area contributed by atoms with Gasteiger partial charge >= 0.3 is 6.61 Å².